The average molecular weight is 442 g/mol. The molecule has 8 heteroatoms. The molecule has 0 unspecified atom stereocenters. The van der Waals surface area contributed by atoms with Crippen molar-refractivity contribution in [1.82, 2.24) is 9.80 Å². The van der Waals surface area contributed by atoms with Crippen LogP contribution < -0.4 is 0 Å². The molecule has 0 spiro atoms. The second kappa shape index (κ2) is 5.18. The Kier molecular flexibility index (Phi) is 2.73. The lowest BCUT2D eigenvalue weighted by molar-refractivity contribution is -0.143. The molecule has 4 saturated heterocycles. The number of fused-ring (bicyclic) bond motifs is 8. The Hall–Kier alpha value is -3.10. The lowest BCUT2D eigenvalue weighted by Crippen LogP contribution is -2.38. The third-order valence-electron chi connectivity index (χ3n) is 9.17. The van der Waals surface area contributed by atoms with Crippen LogP contribution in [-0.4, -0.2) is 46.5 Å². The Labute approximate surface area is 187 Å². The van der Waals surface area contributed by atoms with Crippen molar-refractivity contribution in [3.63, 3.8) is 0 Å². The maximum Gasteiger partial charge on any atom is 0.236 e. The van der Waals surface area contributed by atoms with E-state index < -0.39 is 48.1 Å². The fraction of sp³-hybridized carbons (Fsp3) is 0.440. The molecule has 0 saturated carbocycles. The van der Waals surface area contributed by atoms with Gasteiger partial charge in [0.2, 0.25) is 23.6 Å². The summed E-state index contributed by atoms with van der Waals surface area (Å²) in [4.78, 5) is 55.8. The monoisotopic (exact) mass is 442 g/mol. The number of hydrogen-bond donors (Lipinski definition) is 0. The molecular formula is C25H18N2O6. The van der Waals surface area contributed by atoms with Crippen molar-refractivity contribution in [3.05, 3.63) is 46.5 Å². The predicted molar refractivity (Wildman–Crippen MR) is 109 cm³/mol. The van der Waals surface area contributed by atoms with Crippen LogP contribution in [0.3, 0.4) is 0 Å². The predicted octanol–water partition coefficient (Wildman–Crippen LogP) is 1.70. The number of carbonyl (C=O) groups excluding carboxylic acids is 4. The van der Waals surface area contributed by atoms with Gasteiger partial charge in [-0.25, -0.2) is 0 Å². The van der Waals surface area contributed by atoms with Gasteiger partial charge in [0, 0.05) is 13.1 Å². The molecule has 9 rings (SSSR count). The number of ether oxygens (including phenoxy) is 2. The highest BCUT2D eigenvalue weighted by Crippen LogP contribution is 2.65. The summed E-state index contributed by atoms with van der Waals surface area (Å²) >= 11 is 0. The topological polar surface area (TPSA) is 93.2 Å². The van der Waals surface area contributed by atoms with Gasteiger partial charge < -0.3 is 9.47 Å². The maximum absolute atomic E-state index is 13.3. The molecule has 2 aromatic rings. The summed E-state index contributed by atoms with van der Waals surface area (Å²) in [7, 11) is 0. The van der Waals surface area contributed by atoms with Crippen molar-refractivity contribution < 1.29 is 28.7 Å². The first-order chi connectivity index (χ1) is 16.1. The van der Waals surface area contributed by atoms with E-state index >= 15 is 0 Å². The quantitative estimate of drug-likeness (QED) is 0.577. The van der Waals surface area contributed by atoms with E-state index in [1.165, 1.54) is 9.80 Å². The van der Waals surface area contributed by atoms with Crippen LogP contribution in [0.4, 0.5) is 0 Å². The number of imide groups is 2. The van der Waals surface area contributed by atoms with E-state index in [-0.39, 0.29) is 36.7 Å². The highest BCUT2D eigenvalue weighted by atomic mass is 16.5. The van der Waals surface area contributed by atoms with Gasteiger partial charge in [0.15, 0.2) is 0 Å². The minimum absolute atomic E-state index is 0.194. The fourth-order valence-corrected chi connectivity index (χ4v) is 7.95. The van der Waals surface area contributed by atoms with Gasteiger partial charge in [-0.1, -0.05) is 24.3 Å². The third-order valence-corrected chi connectivity index (χ3v) is 9.17. The average Bonchev–Trinajstić information content (AvgIpc) is 3.62. The SMILES string of the molecule is O=C1[C@@H]2[C@@H]3C(=O)N1CCCN1C(=O)[C@@H]4[C@H](C1=O)[C@H]1O[C@@H]4c4ccc5c6c(ccc5c41)[C@H]2O[C@@H]63. The van der Waals surface area contributed by atoms with E-state index in [0.717, 1.165) is 33.0 Å². The van der Waals surface area contributed by atoms with Crippen LogP contribution in [0.2, 0.25) is 0 Å². The number of hydrogen-bond acceptors (Lipinski definition) is 6. The van der Waals surface area contributed by atoms with Gasteiger partial charge in [0.1, 0.15) is 0 Å². The van der Waals surface area contributed by atoms with Crippen molar-refractivity contribution >= 4 is 34.4 Å². The second-order valence-corrected chi connectivity index (χ2v) is 10.3. The Balaban J connectivity index is 1.34. The summed E-state index contributed by atoms with van der Waals surface area (Å²) in [5.74, 6) is -2.77. The summed E-state index contributed by atoms with van der Waals surface area (Å²) in [6, 6.07) is 8.11. The summed E-state index contributed by atoms with van der Waals surface area (Å²) in [6.07, 6.45) is -1.28. The van der Waals surface area contributed by atoms with Gasteiger partial charge in [-0.05, 0) is 39.4 Å². The molecule has 12 bridgehead atoms. The molecule has 4 fully saturated rings. The Morgan fingerprint density at radius 3 is 1.39 bits per heavy atom. The standard InChI is InChI=1S/C25H18N2O6/c28-22-14-17-21-13-9-3-5-11-12(8(9)2-4-10(13)18(14)32-21)20-16-15(19(11)33-20)23(29)27(24(16)30)7-1-6-26(22)25(17)31/h2-5,14-21H,1,6-7H2/t14-,15-,16+,17+,18-,19-,20+,21+/m1/s1. The highest BCUT2D eigenvalue weighted by molar-refractivity contribution is 6.09. The second-order valence-electron chi connectivity index (χ2n) is 10.3. The van der Waals surface area contributed by atoms with E-state index in [9.17, 15) is 19.2 Å². The minimum atomic E-state index is -0.504. The smallest absolute Gasteiger partial charge is 0.236 e. The van der Waals surface area contributed by atoms with Gasteiger partial charge in [0.25, 0.3) is 0 Å². The summed E-state index contributed by atoms with van der Waals surface area (Å²) in [5.41, 5.74) is 3.97. The van der Waals surface area contributed by atoms with E-state index in [4.69, 9.17) is 9.47 Å². The lowest BCUT2D eigenvalue weighted by atomic mass is 9.72. The Morgan fingerprint density at radius 1 is 0.576 bits per heavy atom. The molecule has 7 aliphatic heterocycles. The molecule has 2 aromatic carbocycles. The molecule has 0 radical (unpaired) electrons. The maximum atomic E-state index is 13.3. The van der Waals surface area contributed by atoms with Crippen LogP contribution in [0, 0.1) is 23.7 Å². The molecule has 4 amide bonds. The van der Waals surface area contributed by atoms with Crippen molar-refractivity contribution in [2.24, 2.45) is 23.7 Å². The van der Waals surface area contributed by atoms with Crippen LogP contribution in [-0.2, 0) is 28.7 Å². The molecule has 7 heterocycles. The van der Waals surface area contributed by atoms with E-state index in [1.54, 1.807) is 0 Å². The molecular weight excluding hydrogens is 424 g/mol. The van der Waals surface area contributed by atoms with Crippen molar-refractivity contribution in [3.8, 4) is 0 Å². The van der Waals surface area contributed by atoms with Crippen LogP contribution in [0.1, 0.15) is 53.1 Å². The van der Waals surface area contributed by atoms with Gasteiger partial charge >= 0.3 is 0 Å². The summed E-state index contributed by atoms with van der Waals surface area (Å²) < 4.78 is 12.5. The number of rotatable bonds is 0. The number of carbonyl (C=O) groups is 4. The van der Waals surface area contributed by atoms with E-state index in [2.05, 4.69) is 0 Å². The van der Waals surface area contributed by atoms with Crippen LogP contribution >= 0.6 is 0 Å². The number of amides is 4. The first-order valence-electron chi connectivity index (χ1n) is 11.7. The molecule has 8 atom stereocenters. The lowest BCUT2D eigenvalue weighted by Gasteiger charge is -2.25. The summed E-state index contributed by atoms with van der Waals surface area (Å²) in [5, 5.41) is 1.99. The number of nitrogens with zero attached hydrogens (tertiary/aromatic N) is 2. The Bertz CT molecular complexity index is 1310. The first kappa shape index (κ1) is 17.4. The molecule has 164 valence electrons. The third kappa shape index (κ3) is 1.64. The normalized spacial score (nSPS) is 40.8. The van der Waals surface area contributed by atoms with Gasteiger partial charge in [0.05, 0.1) is 48.1 Å². The first-order valence-corrected chi connectivity index (χ1v) is 11.7. The highest BCUT2D eigenvalue weighted by Gasteiger charge is 2.67. The molecule has 7 aliphatic rings. The molecule has 0 aromatic heterocycles. The van der Waals surface area contributed by atoms with E-state index in [1.807, 2.05) is 24.3 Å². The van der Waals surface area contributed by atoms with Crippen LogP contribution in [0.5, 0.6) is 0 Å². The molecule has 0 aliphatic carbocycles. The van der Waals surface area contributed by atoms with Crippen LogP contribution in [0.25, 0.3) is 10.8 Å². The van der Waals surface area contributed by atoms with Gasteiger partial charge in [-0.3, -0.25) is 29.0 Å². The fourth-order valence-electron chi connectivity index (χ4n) is 7.95. The Morgan fingerprint density at radius 2 is 0.970 bits per heavy atom. The van der Waals surface area contributed by atoms with Gasteiger partial charge in [-0.2, -0.15) is 0 Å². The zero-order chi connectivity index (χ0) is 21.9. The molecule has 0 N–H and O–H groups in total. The summed E-state index contributed by atoms with van der Waals surface area (Å²) in [6.45, 7) is 0.423. The molecule has 8 nitrogen and oxygen atoms in total. The van der Waals surface area contributed by atoms with E-state index in [0.29, 0.717) is 6.42 Å². The zero-order valence-electron chi connectivity index (χ0n) is 17.4. The molecule has 33 heavy (non-hydrogen) atoms. The van der Waals surface area contributed by atoms with Crippen molar-refractivity contribution in [1.29, 1.82) is 0 Å². The largest absolute Gasteiger partial charge is 0.364 e. The zero-order valence-corrected chi connectivity index (χ0v) is 17.4. The minimum Gasteiger partial charge on any atom is -0.364 e. The van der Waals surface area contributed by atoms with Gasteiger partial charge in [-0.15, -0.1) is 0 Å². The van der Waals surface area contributed by atoms with Crippen molar-refractivity contribution in [2.75, 3.05) is 13.1 Å². The van der Waals surface area contributed by atoms with Crippen molar-refractivity contribution in [2.45, 2.75) is 30.8 Å². The van der Waals surface area contributed by atoms with Crippen LogP contribution in [0.15, 0.2) is 24.3 Å². The number of benzene rings is 2.